The SMILES string of the molecule is C=C(N)N/N=C(\C)c1ccc(CC(=O)c2cc3cccc([N+](=O)[O-])c3[nH]2)cc1. The van der Waals surface area contributed by atoms with Gasteiger partial charge in [0, 0.05) is 17.9 Å². The van der Waals surface area contributed by atoms with Crippen LogP contribution in [0.1, 0.15) is 28.5 Å². The molecule has 28 heavy (non-hydrogen) atoms. The number of H-pyrrole nitrogens is 1. The molecule has 0 amide bonds. The molecule has 0 aliphatic rings. The molecule has 8 heteroatoms. The van der Waals surface area contributed by atoms with Crippen molar-refractivity contribution in [3.63, 3.8) is 0 Å². The molecule has 0 unspecified atom stereocenters. The average molecular weight is 377 g/mol. The molecule has 0 saturated carbocycles. The average Bonchev–Trinajstić information content (AvgIpc) is 3.11. The van der Waals surface area contributed by atoms with Crippen molar-refractivity contribution < 1.29 is 9.72 Å². The summed E-state index contributed by atoms with van der Waals surface area (Å²) in [5.74, 6) is 0.102. The van der Waals surface area contributed by atoms with Gasteiger partial charge in [-0.1, -0.05) is 43.0 Å². The van der Waals surface area contributed by atoms with Gasteiger partial charge in [-0.25, -0.2) is 0 Å². The minimum Gasteiger partial charge on any atom is -0.385 e. The third-order valence-corrected chi connectivity index (χ3v) is 4.23. The van der Waals surface area contributed by atoms with Crippen molar-refractivity contribution in [3.05, 3.63) is 87.9 Å². The first-order valence-corrected chi connectivity index (χ1v) is 8.48. The van der Waals surface area contributed by atoms with Gasteiger partial charge >= 0.3 is 0 Å². The number of non-ortho nitro benzene ring substituents is 1. The standard InChI is InChI=1S/C20H19N5O3/c1-12(23-24-13(2)21)15-8-6-14(7-9-15)10-19(26)17-11-16-4-3-5-18(25(27)28)20(16)22-17/h3-9,11,22,24H,2,10,21H2,1H3/b23-12+. The zero-order valence-corrected chi connectivity index (χ0v) is 15.2. The summed E-state index contributed by atoms with van der Waals surface area (Å²) in [5.41, 5.74) is 11.1. The number of nitrogens with zero attached hydrogens (tertiary/aromatic N) is 2. The van der Waals surface area contributed by atoms with Crippen LogP contribution in [0.25, 0.3) is 10.9 Å². The van der Waals surface area contributed by atoms with E-state index < -0.39 is 4.92 Å². The summed E-state index contributed by atoms with van der Waals surface area (Å²) in [6.45, 7) is 5.34. The normalized spacial score (nSPS) is 11.4. The minimum atomic E-state index is -0.468. The highest BCUT2D eigenvalue weighted by molar-refractivity contribution is 6.02. The first kappa shape index (κ1) is 18.8. The predicted octanol–water partition coefficient (Wildman–Crippen LogP) is 3.25. The zero-order valence-electron chi connectivity index (χ0n) is 15.2. The summed E-state index contributed by atoms with van der Waals surface area (Å²) in [4.78, 5) is 26.1. The number of fused-ring (bicyclic) bond motifs is 1. The van der Waals surface area contributed by atoms with E-state index in [0.717, 1.165) is 16.8 Å². The molecule has 0 aliphatic heterocycles. The molecule has 0 spiro atoms. The fourth-order valence-electron chi connectivity index (χ4n) is 2.81. The molecule has 4 N–H and O–H groups in total. The van der Waals surface area contributed by atoms with Gasteiger partial charge in [0.2, 0.25) is 0 Å². The van der Waals surface area contributed by atoms with Gasteiger partial charge in [-0.15, -0.1) is 0 Å². The van der Waals surface area contributed by atoms with E-state index >= 15 is 0 Å². The van der Waals surface area contributed by atoms with E-state index in [0.29, 0.717) is 16.6 Å². The summed E-state index contributed by atoms with van der Waals surface area (Å²) >= 11 is 0. The van der Waals surface area contributed by atoms with Crippen LogP contribution in [0.5, 0.6) is 0 Å². The highest BCUT2D eigenvalue weighted by atomic mass is 16.6. The fraction of sp³-hybridized carbons (Fsp3) is 0.100. The Labute approximate surface area is 160 Å². The molecule has 0 saturated heterocycles. The number of aromatic nitrogens is 1. The van der Waals surface area contributed by atoms with Gasteiger partial charge in [-0.3, -0.25) is 20.3 Å². The smallest absolute Gasteiger partial charge is 0.293 e. The molecule has 2 aromatic carbocycles. The number of carbonyl (C=O) groups is 1. The maximum Gasteiger partial charge on any atom is 0.293 e. The molecule has 3 rings (SSSR count). The van der Waals surface area contributed by atoms with Crippen LogP contribution < -0.4 is 11.2 Å². The highest BCUT2D eigenvalue weighted by Gasteiger charge is 2.17. The van der Waals surface area contributed by atoms with Crippen LogP contribution in [0, 0.1) is 10.1 Å². The number of nitro benzene ring substituents is 1. The monoisotopic (exact) mass is 377 g/mol. The lowest BCUT2D eigenvalue weighted by atomic mass is 10.0. The Balaban J connectivity index is 1.77. The molecule has 1 heterocycles. The van der Waals surface area contributed by atoms with Crippen LogP contribution >= 0.6 is 0 Å². The van der Waals surface area contributed by atoms with Crippen molar-refractivity contribution in [1.29, 1.82) is 0 Å². The number of nitro groups is 1. The second-order valence-corrected chi connectivity index (χ2v) is 6.31. The summed E-state index contributed by atoms with van der Waals surface area (Å²) in [6.07, 6.45) is 0.176. The van der Waals surface area contributed by atoms with E-state index in [4.69, 9.17) is 5.73 Å². The Morgan fingerprint density at radius 2 is 2.00 bits per heavy atom. The van der Waals surface area contributed by atoms with Gasteiger partial charge in [0.15, 0.2) is 5.78 Å². The Kier molecular flexibility index (Phi) is 5.21. The zero-order chi connectivity index (χ0) is 20.3. The Morgan fingerprint density at radius 3 is 2.64 bits per heavy atom. The van der Waals surface area contributed by atoms with E-state index in [-0.39, 0.29) is 23.7 Å². The van der Waals surface area contributed by atoms with E-state index in [1.165, 1.54) is 6.07 Å². The number of hydrogen-bond acceptors (Lipinski definition) is 6. The number of carbonyl (C=O) groups excluding carboxylic acids is 1. The third-order valence-electron chi connectivity index (χ3n) is 4.23. The van der Waals surface area contributed by atoms with Crippen LogP contribution in [0.4, 0.5) is 5.69 Å². The number of hydrogen-bond donors (Lipinski definition) is 3. The number of Topliss-reactive ketones (excluding diaryl/α,β-unsaturated/α-hetero) is 1. The van der Waals surface area contributed by atoms with Crippen molar-refractivity contribution in [3.8, 4) is 0 Å². The number of para-hydroxylation sites is 1. The van der Waals surface area contributed by atoms with Crippen molar-refractivity contribution in [2.45, 2.75) is 13.3 Å². The molecular weight excluding hydrogens is 358 g/mol. The first-order chi connectivity index (χ1) is 13.3. The molecule has 142 valence electrons. The quantitative estimate of drug-likeness (QED) is 0.252. The van der Waals surface area contributed by atoms with Crippen LogP contribution in [-0.2, 0) is 6.42 Å². The van der Waals surface area contributed by atoms with E-state index in [2.05, 4.69) is 22.1 Å². The summed E-state index contributed by atoms with van der Waals surface area (Å²) in [6, 6.07) is 13.8. The number of hydrazone groups is 1. The Hall–Kier alpha value is -3.94. The highest BCUT2D eigenvalue weighted by Crippen LogP contribution is 2.26. The first-order valence-electron chi connectivity index (χ1n) is 8.48. The summed E-state index contributed by atoms with van der Waals surface area (Å²) < 4.78 is 0. The minimum absolute atomic E-state index is 0.0514. The van der Waals surface area contributed by atoms with Crippen molar-refractivity contribution >= 4 is 28.1 Å². The molecule has 0 atom stereocenters. The Bertz CT molecular complexity index is 1100. The summed E-state index contributed by atoms with van der Waals surface area (Å²) in [5, 5.41) is 15.9. The van der Waals surface area contributed by atoms with Crippen molar-refractivity contribution in [2.24, 2.45) is 10.8 Å². The van der Waals surface area contributed by atoms with Crippen LogP contribution in [0.15, 0.2) is 66.0 Å². The molecular formula is C20H19N5O3. The second kappa shape index (κ2) is 7.75. The Morgan fingerprint density at radius 1 is 1.29 bits per heavy atom. The van der Waals surface area contributed by atoms with Crippen LogP contribution in [0.3, 0.4) is 0 Å². The fourth-order valence-corrected chi connectivity index (χ4v) is 2.81. The van der Waals surface area contributed by atoms with Gasteiger partial charge in [0.25, 0.3) is 5.69 Å². The van der Waals surface area contributed by atoms with Gasteiger partial charge in [-0.05, 0) is 24.1 Å². The van der Waals surface area contributed by atoms with Gasteiger partial charge in [0.05, 0.1) is 16.3 Å². The molecule has 3 aromatic rings. The molecule has 0 fully saturated rings. The maximum absolute atomic E-state index is 12.6. The number of nitrogens with one attached hydrogen (secondary N) is 2. The number of rotatable bonds is 7. The van der Waals surface area contributed by atoms with E-state index in [1.807, 2.05) is 31.2 Å². The molecule has 0 aliphatic carbocycles. The molecule has 8 nitrogen and oxygen atoms in total. The van der Waals surface area contributed by atoms with E-state index in [9.17, 15) is 14.9 Å². The topological polar surface area (TPSA) is 126 Å². The number of nitrogens with two attached hydrogens (primary N) is 1. The number of benzene rings is 2. The number of ketones is 1. The predicted molar refractivity (Wildman–Crippen MR) is 108 cm³/mol. The van der Waals surface area contributed by atoms with Crippen LogP contribution in [0.2, 0.25) is 0 Å². The van der Waals surface area contributed by atoms with Crippen molar-refractivity contribution in [1.82, 2.24) is 10.4 Å². The summed E-state index contributed by atoms with van der Waals surface area (Å²) in [7, 11) is 0. The lowest BCUT2D eigenvalue weighted by Crippen LogP contribution is -2.14. The maximum atomic E-state index is 12.6. The lowest BCUT2D eigenvalue weighted by Gasteiger charge is -2.04. The van der Waals surface area contributed by atoms with Crippen LogP contribution in [-0.4, -0.2) is 21.4 Å². The largest absolute Gasteiger partial charge is 0.385 e. The number of aromatic amines is 1. The van der Waals surface area contributed by atoms with Gasteiger partial charge in [0.1, 0.15) is 11.3 Å². The molecule has 1 aromatic heterocycles. The molecule has 0 radical (unpaired) electrons. The van der Waals surface area contributed by atoms with Gasteiger partial charge in [-0.2, -0.15) is 5.10 Å². The third kappa shape index (κ3) is 4.07. The van der Waals surface area contributed by atoms with E-state index in [1.54, 1.807) is 18.2 Å². The van der Waals surface area contributed by atoms with Gasteiger partial charge < -0.3 is 10.7 Å². The molecule has 0 bridgehead atoms. The van der Waals surface area contributed by atoms with Crippen molar-refractivity contribution in [2.75, 3.05) is 0 Å². The second-order valence-electron chi connectivity index (χ2n) is 6.31. The lowest BCUT2D eigenvalue weighted by molar-refractivity contribution is -0.383.